The normalized spacial score (nSPS) is 23.5. The number of hydrogen-bond acceptors (Lipinski definition) is 4. The van der Waals surface area contributed by atoms with Crippen LogP contribution in [0.3, 0.4) is 0 Å². The first-order chi connectivity index (χ1) is 7.11. The zero-order valence-electron chi connectivity index (χ0n) is 7.49. The third-order valence-electron chi connectivity index (χ3n) is 2.17. The molecule has 1 N–H and O–H groups in total. The van der Waals surface area contributed by atoms with Gasteiger partial charge in [-0.25, -0.2) is 4.79 Å². The highest BCUT2D eigenvalue weighted by molar-refractivity contribution is 5.76. The van der Waals surface area contributed by atoms with Crippen LogP contribution < -0.4 is 0 Å². The summed E-state index contributed by atoms with van der Waals surface area (Å²) in [7, 11) is 0. The second-order valence-corrected chi connectivity index (χ2v) is 3.13. The molecule has 6 heteroatoms. The van der Waals surface area contributed by atoms with Gasteiger partial charge in [-0.05, 0) is 6.07 Å². The molecule has 1 heterocycles. The van der Waals surface area contributed by atoms with Crippen LogP contribution >= 0.6 is 0 Å². The lowest BCUT2D eigenvalue weighted by Crippen LogP contribution is -2.05. The minimum Gasteiger partial charge on any atom is -0.479 e. The Kier molecular flexibility index (Phi) is 2.12. The van der Waals surface area contributed by atoms with E-state index < -0.39 is 23.1 Å². The number of hydrogen-bond donors (Lipinski definition) is 1. The van der Waals surface area contributed by atoms with Gasteiger partial charge in [0.25, 0.3) is 5.69 Å². The molecular weight excluding hydrogens is 202 g/mol. The Labute approximate surface area is 84.2 Å². The molecule has 1 fully saturated rings. The Bertz CT molecular complexity index is 430. The zero-order valence-corrected chi connectivity index (χ0v) is 7.49. The van der Waals surface area contributed by atoms with Crippen molar-refractivity contribution in [1.29, 1.82) is 0 Å². The number of carboxylic acid groups (broad SMARTS) is 1. The fourth-order valence-electron chi connectivity index (χ4n) is 1.43. The number of carboxylic acids is 1. The summed E-state index contributed by atoms with van der Waals surface area (Å²) < 4.78 is 4.85. The molecule has 2 rings (SSSR count). The Balaban J connectivity index is 2.30. The highest BCUT2D eigenvalue weighted by Crippen LogP contribution is 2.42. The average Bonchev–Trinajstić information content (AvgIpc) is 2.97. The smallest absolute Gasteiger partial charge is 0.335 e. The summed E-state index contributed by atoms with van der Waals surface area (Å²) >= 11 is 0. The number of aliphatic carboxylic acids is 1. The summed E-state index contributed by atoms with van der Waals surface area (Å²) in [6, 6.07) is 5.98. The molecule has 0 spiro atoms. The third kappa shape index (κ3) is 1.66. The summed E-state index contributed by atoms with van der Waals surface area (Å²) in [5.41, 5.74) is 0.209. The summed E-state index contributed by atoms with van der Waals surface area (Å²) in [5.74, 6) is -1.10. The van der Waals surface area contributed by atoms with Crippen LogP contribution in [0.15, 0.2) is 24.3 Å². The van der Waals surface area contributed by atoms with Gasteiger partial charge in [0.2, 0.25) is 0 Å². The van der Waals surface area contributed by atoms with Crippen LogP contribution in [0, 0.1) is 10.1 Å². The SMILES string of the molecule is O=C(O)[C@H]1O[C@@H]1c1ccccc1[N+](=O)[O-]. The van der Waals surface area contributed by atoms with Gasteiger partial charge < -0.3 is 9.84 Å². The molecule has 1 aromatic rings. The number of nitro groups is 1. The van der Waals surface area contributed by atoms with E-state index in [4.69, 9.17) is 9.84 Å². The lowest BCUT2D eigenvalue weighted by molar-refractivity contribution is -0.385. The van der Waals surface area contributed by atoms with Gasteiger partial charge in [-0.1, -0.05) is 12.1 Å². The number of nitro benzene ring substituents is 1. The van der Waals surface area contributed by atoms with E-state index in [1.165, 1.54) is 18.2 Å². The molecule has 1 aliphatic rings. The van der Waals surface area contributed by atoms with Gasteiger partial charge in [0.05, 0.1) is 10.5 Å². The summed E-state index contributed by atoms with van der Waals surface area (Å²) in [6.45, 7) is 0. The minimum absolute atomic E-state index is 0.105. The molecule has 78 valence electrons. The van der Waals surface area contributed by atoms with E-state index >= 15 is 0 Å². The second kappa shape index (κ2) is 3.32. The number of para-hydroxylation sites is 1. The number of carbonyl (C=O) groups is 1. The van der Waals surface area contributed by atoms with Crippen LogP contribution in [-0.2, 0) is 9.53 Å². The highest BCUT2D eigenvalue weighted by Gasteiger charge is 2.49. The van der Waals surface area contributed by atoms with Gasteiger partial charge in [0.1, 0.15) is 6.10 Å². The van der Waals surface area contributed by atoms with Crippen LogP contribution in [0.1, 0.15) is 11.7 Å². The van der Waals surface area contributed by atoms with Gasteiger partial charge in [-0.15, -0.1) is 0 Å². The van der Waals surface area contributed by atoms with Crippen molar-refractivity contribution in [3.63, 3.8) is 0 Å². The molecule has 0 bridgehead atoms. The van der Waals surface area contributed by atoms with Crippen LogP contribution in [0.25, 0.3) is 0 Å². The molecule has 1 aromatic carbocycles. The number of rotatable bonds is 3. The Morgan fingerprint density at radius 2 is 2.13 bits per heavy atom. The van der Waals surface area contributed by atoms with E-state index in [9.17, 15) is 14.9 Å². The summed E-state index contributed by atoms with van der Waals surface area (Å²) in [5, 5.41) is 19.3. The van der Waals surface area contributed by atoms with E-state index in [-0.39, 0.29) is 5.69 Å². The van der Waals surface area contributed by atoms with Crippen molar-refractivity contribution in [1.82, 2.24) is 0 Å². The molecule has 15 heavy (non-hydrogen) atoms. The molecule has 1 aliphatic heterocycles. The van der Waals surface area contributed by atoms with Crippen LogP contribution in [0.4, 0.5) is 5.69 Å². The van der Waals surface area contributed by atoms with Crippen molar-refractivity contribution in [3.8, 4) is 0 Å². The van der Waals surface area contributed by atoms with Crippen molar-refractivity contribution in [3.05, 3.63) is 39.9 Å². The van der Waals surface area contributed by atoms with Crippen molar-refractivity contribution >= 4 is 11.7 Å². The summed E-state index contributed by atoms with van der Waals surface area (Å²) in [4.78, 5) is 20.6. The largest absolute Gasteiger partial charge is 0.479 e. The number of epoxide rings is 1. The molecule has 6 nitrogen and oxygen atoms in total. The zero-order chi connectivity index (χ0) is 11.0. The Hall–Kier alpha value is -1.95. The Morgan fingerprint density at radius 3 is 2.67 bits per heavy atom. The molecule has 0 radical (unpaired) electrons. The number of benzene rings is 1. The molecule has 0 saturated carbocycles. The van der Waals surface area contributed by atoms with Crippen molar-refractivity contribution < 1.29 is 19.6 Å². The van der Waals surface area contributed by atoms with Gasteiger partial charge in [-0.2, -0.15) is 0 Å². The van der Waals surface area contributed by atoms with Crippen molar-refractivity contribution in [2.45, 2.75) is 12.2 Å². The quantitative estimate of drug-likeness (QED) is 0.457. The van der Waals surface area contributed by atoms with Gasteiger partial charge in [0.15, 0.2) is 6.10 Å². The third-order valence-corrected chi connectivity index (χ3v) is 2.17. The maximum absolute atomic E-state index is 10.6. The average molecular weight is 209 g/mol. The molecule has 0 amide bonds. The van der Waals surface area contributed by atoms with E-state index in [0.29, 0.717) is 5.56 Å². The van der Waals surface area contributed by atoms with Crippen molar-refractivity contribution in [2.24, 2.45) is 0 Å². The number of nitrogens with zero attached hydrogens (tertiary/aromatic N) is 1. The van der Waals surface area contributed by atoms with E-state index in [1.807, 2.05) is 0 Å². The molecule has 2 atom stereocenters. The topological polar surface area (TPSA) is 93.0 Å². The highest BCUT2D eigenvalue weighted by atomic mass is 16.6. The first kappa shape index (κ1) is 9.60. The van der Waals surface area contributed by atoms with Crippen molar-refractivity contribution in [2.75, 3.05) is 0 Å². The lowest BCUT2D eigenvalue weighted by Gasteiger charge is -1.97. The van der Waals surface area contributed by atoms with E-state index in [0.717, 1.165) is 0 Å². The molecule has 0 unspecified atom stereocenters. The Morgan fingerprint density at radius 1 is 1.47 bits per heavy atom. The standard InChI is InChI=1S/C9H7NO5/c11-9(12)8-7(15-8)5-3-1-2-4-6(5)10(13)14/h1-4,7-8H,(H,11,12)/t7-,8+/m1/s1. The predicted molar refractivity (Wildman–Crippen MR) is 48.3 cm³/mol. The number of ether oxygens (including phenoxy) is 1. The van der Waals surface area contributed by atoms with Crippen LogP contribution in [-0.4, -0.2) is 22.1 Å². The summed E-state index contributed by atoms with van der Waals surface area (Å²) in [6.07, 6.45) is -1.64. The van der Waals surface area contributed by atoms with E-state index in [2.05, 4.69) is 0 Å². The molecular formula is C9H7NO5. The fourth-order valence-corrected chi connectivity index (χ4v) is 1.43. The van der Waals surface area contributed by atoms with Gasteiger partial charge in [-0.3, -0.25) is 10.1 Å². The first-order valence-electron chi connectivity index (χ1n) is 4.23. The van der Waals surface area contributed by atoms with E-state index in [1.54, 1.807) is 6.07 Å². The molecule has 0 aromatic heterocycles. The molecule has 0 aliphatic carbocycles. The second-order valence-electron chi connectivity index (χ2n) is 3.13. The maximum Gasteiger partial charge on any atom is 0.335 e. The molecule has 1 saturated heterocycles. The van der Waals surface area contributed by atoms with Crippen LogP contribution in [0.5, 0.6) is 0 Å². The minimum atomic E-state index is -1.10. The predicted octanol–water partition coefficient (Wildman–Crippen LogP) is 1.12. The monoisotopic (exact) mass is 209 g/mol. The van der Waals surface area contributed by atoms with Gasteiger partial charge >= 0.3 is 5.97 Å². The first-order valence-corrected chi connectivity index (χ1v) is 4.23. The van der Waals surface area contributed by atoms with Gasteiger partial charge in [0, 0.05) is 6.07 Å². The van der Waals surface area contributed by atoms with Crippen LogP contribution in [0.2, 0.25) is 0 Å². The lowest BCUT2D eigenvalue weighted by atomic mass is 10.1. The fraction of sp³-hybridized carbons (Fsp3) is 0.222. The maximum atomic E-state index is 10.6.